The van der Waals surface area contributed by atoms with Gasteiger partial charge in [-0.15, -0.1) is 0 Å². The first-order chi connectivity index (χ1) is 14.2. The second-order valence-electron chi connectivity index (χ2n) is 6.83. The zero-order valence-electron chi connectivity index (χ0n) is 18.1. The van der Waals surface area contributed by atoms with Gasteiger partial charge in [-0.05, 0) is 25.3 Å². The van der Waals surface area contributed by atoms with Gasteiger partial charge in [0.15, 0.2) is 17.5 Å². The Hall–Kier alpha value is -2.19. The molecule has 1 heterocycles. The normalized spacial score (nSPS) is 16.6. The van der Waals surface area contributed by atoms with Crippen LogP contribution in [0.5, 0.6) is 17.2 Å². The van der Waals surface area contributed by atoms with Crippen LogP contribution in [-0.2, 0) is 15.9 Å². The number of hydrogen-bond donors (Lipinski definition) is 2. The zero-order chi connectivity index (χ0) is 20.9. The van der Waals surface area contributed by atoms with Crippen LogP contribution in [-0.4, -0.2) is 73.9 Å². The standard InChI is InChI=1S/C21H35N3O5/c1-22-21(23-10-5-12-28-14-16-9-13-29-15-16)24-11-8-17-6-7-18(25-2)20(27-4)19(17)26-3/h6-7,16H,5,8-15H2,1-4H3,(H2,22,23,24). The molecule has 1 unspecified atom stereocenters. The summed E-state index contributed by atoms with van der Waals surface area (Å²) < 4.78 is 27.4. The van der Waals surface area contributed by atoms with Crippen LogP contribution >= 0.6 is 0 Å². The molecule has 0 radical (unpaired) electrons. The number of nitrogens with one attached hydrogen (secondary N) is 2. The molecule has 8 heteroatoms. The Labute approximate surface area is 173 Å². The van der Waals surface area contributed by atoms with E-state index in [-0.39, 0.29) is 0 Å². The van der Waals surface area contributed by atoms with Gasteiger partial charge >= 0.3 is 0 Å². The Kier molecular flexibility index (Phi) is 10.4. The van der Waals surface area contributed by atoms with Gasteiger partial charge in [-0.25, -0.2) is 0 Å². The molecule has 29 heavy (non-hydrogen) atoms. The Balaban J connectivity index is 1.68. The lowest BCUT2D eigenvalue weighted by Gasteiger charge is -2.16. The summed E-state index contributed by atoms with van der Waals surface area (Å²) in [7, 11) is 6.63. The Morgan fingerprint density at radius 2 is 1.90 bits per heavy atom. The summed E-state index contributed by atoms with van der Waals surface area (Å²) in [5.74, 6) is 3.29. The van der Waals surface area contributed by atoms with Gasteiger partial charge < -0.3 is 34.3 Å². The lowest BCUT2D eigenvalue weighted by molar-refractivity contribution is 0.0888. The number of hydrogen-bond acceptors (Lipinski definition) is 6. The number of nitrogens with zero attached hydrogens (tertiary/aromatic N) is 1. The summed E-state index contributed by atoms with van der Waals surface area (Å²) in [6.07, 6.45) is 2.80. The number of methoxy groups -OCH3 is 3. The lowest BCUT2D eigenvalue weighted by atomic mass is 10.1. The minimum Gasteiger partial charge on any atom is -0.493 e. The van der Waals surface area contributed by atoms with Crippen LogP contribution in [0.25, 0.3) is 0 Å². The molecule has 0 aliphatic carbocycles. The molecule has 1 aliphatic heterocycles. The first-order valence-corrected chi connectivity index (χ1v) is 10.1. The largest absolute Gasteiger partial charge is 0.493 e. The van der Waals surface area contributed by atoms with Gasteiger partial charge in [0, 0.05) is 44.8 Å². The van der Waals surface area contributed by atoms with Crippen molar-refractivity contribution in [2.75, 3.05) is 67.9 Å². The van der Waals surface area contributed by atoms with Crippen LogP contribution in [0.2, 0.25) is 0 Å². The molecule has 0 spiro atoms. The highest BCUT2D eigenvalue weighted by molar-refractivity contribution is 5.79. The molecular formula is C21H35N3O5. The topological polar surface area (TPSA) is 82.6 Å². The second-order valence-corrected chi connectivity index (χ2v) is 6.83. The van der Waals surface area contributed by atoms with E-state index in [1.54, 1.807) is 28.4 Å². The molecule has 1 atom stereocenters. The van der Waals surface area contributed by atoms with E-state index >= 15 is 0 Å². The zero-order valence-corrected chi connectivity index (χ0v) is 18.1. The van der Waals surface area contributed by atoms with Crippen molar-refractivity contribution in [1.82, 2.24) is 10.6 Å². The number of aliphatic imine (C=N–C) groups is 1. The van der Waals surface area contributed by atoms with Gasteiger partial charge in [-0.3, -0.25) is 4.99 Å². The molecule has 1 saturated heterocycles. The highest BCUT2D eigenvalue weighted by Gasteiger charge is 2.16. The summed E-state index contributed by atoms with van der Waals surface area (Å²) in [5, 5.41) is 6.64. The fraction of sp³-hybridized carbons (Fsp3) is 0.667. The first-order valence-electron chi connectivity index (χ1n) is 10.1. The average molecular weight is 410 g/mol. The summed E-state index contributed by atoms with van der Waals surface area (Å²) >= 11 is 0. The average Bonchev–Trinajstić information content (AvgIpc) is 3.27. The van der Waals surface area contributed by atoms with E-state index in [0.717, 1.165) is 63.8 Å². The van der Waals surface area contributed by atoms with Crippen molar-refractivity contribution < 1.29 is 23.7 Å². The second kappa shape index (κ2) is 13.1. The van der Waals surface area contributed by atoms with Crippen LogP contribution in [0.3, 0.4) is 0 Å². The SMILES string of the molecule is CN=C(NCCCOCC1CCOC1)NCCc1ccc(OC)c(OC)c1OC. The molecule has 0 bridgehead atoms. The Morgan fingerprint density at radius 3 is 2.55 bits per heavy atom. The summed E-state index contributed by atoms with van der Waals surface area (Å²) in [6.45, 7) is 4.75. The summed E-state index contributed by atoms with van der Waals surface area (Å²) in [6, 6.07) is 3.88. The predicted molar refractivity (Wildman–Crippen MR) is 114 cm³/mol. The monoisotopic (exact) mass is 409 g/mol. The van der Waals surface area contributed by atoms with Gasteiger partial charge in [-0.1, -0.05) is 6.07 Å². The van der Waals surface area contributed by atoms with Crippen LogP contribution in [0.4, 0.5) is 0 Å². The number of rotatable bonds is 12. The maximum Gasteiger partial charge on any atom is 0.203 e. The molecule has 8 nitrogen and oxygen atoms in total. The molecule has 0 saturated carbocycles. The van der Waals surface area contributed by atoms with Gasteiger partial charge in [0.05, 0.1) is 34.5 Å². The van der Waals surface area contributed by atoms with Crippen molar-refractivity contribution in [2.24, 2.45) is 10.9 Å². The molecule has 1 aromatic carbocycles. The van der Waals surface area contributed by atoms with E-state index in [1.165, 1.54) is 0 Å². The van der Waals surface area contributed by atoms with Crippen molar-refractivity contribution in [2.45, 2.75) is 19.3 Å². The molecule has 164 valence electrons. The van der Waals surface area contributed by atoms with Crippen molar-refractivity contribution in [3.63, 3.8) is 0 Å². The van der Waals surface area contributed by atoms with Gasteiger partial charge in [0.25, 0.3) is 0 Å². The third kappa shape index (κ3) is 7.29. The van der Waals surface area contributed by atoms with E-state index in [2.05, 4.69) is 15.6 Å². The molecule has 2 rings (SSSR count). The fourth-order valence-electron chi connectivity index (χ4n) is 3.24. The van der Waals surface area contributed by atoms with E-state index in [4.69, 9.17) is 23.7 Å². The van der Waals surface area contributed by atoms with E-state index in [0.29, 0.717) is 29.7 Å². The Morgan fingerprint density at radius 1 is 1.10 bits per heavy atom. The van der Waals surface area contributed by atoms with Gasteiger partial charge in [0.2, 0.25) is 5.75 Å². The number of guanidine groups is 1. The third-order valence-electron chi connectivity index (χ3n) is 4.83. The molecule has 2 N–H and O–H groups in total. The lowest BCUT2D eigenvalue weighted by Crippen LogP contribution is -2.39. The van der Waals surface area contributed by atoms with E-state index in [1.807, 2.05) is 12.1 Å². The summed E-state index contributed by atoms with van der Waals surface area (Å²) in [5.41, 5.74) is 1.04. The first kappa shape index (κ1) is 23.1. The Bertz CT molecular complexity index is 633. The van der Waals surface area contributed by atoms with Crippen LogP contribution < -0.4 is 24.8 Å². The van der Waals surface area contributed by atoms with Crippen LogP contribution in [0.15, 0.2) is 17.1 Å². The van der Waals surface area contributed by atoms with Crippen molar-refractivity contribution >= 4 is 5.96 Å². The summed E-state index contributed by atoms with van der Waals surface area (Å²) in [4.78, 5) is 4.26. The predicted octanol–water partition coefficient (Wildman–Crippen LogP) is 1.86. The third-order valence-corrected chi connectivity index (χ3v) is 4.83. The van der Waals surface area contributed by atoms with Crippen molar-refractivity contribution in [3.8, 4) is 17.2 Å². The molecular weight excluding hydrogens is 374 g/mol. The van der Waals surface area contributed by atoms with Crippen molar-refractivity contribution in [1.29, 1.82) is 0 Å². The maximum absolute atomic E-state index is 5.72. The molecule has 1 fully saturated rings. The van der Waals surface area contributed by atoms with E-state index < -0.39 is 0 Å². The van der Waals surface area contributed by atoms with Gasteiger partial charge in [0.1, 0.15) is 0 Å². The minimum atomic E-state index is 0.561. The maximum atomic E-state index is 5.72. The number of benzene rings is 1. The van der Waals surface area contributed by atoms with Gasteiger partial charge in [-0.2, -0.15) is 0 Å². The van der Waals surface area contributed by atoms with Crippen molar-refractivity contribution in [3.05, 3.63) is 17.7 Å². The minimum absolute atomic E-state index is 0.561. The smallest absolute Gasteiger partial charge is 0.203 e. The number of ether oxygens (including phenoxy) is 5. The van der Waals surface area contributed by atoms with E-state index in [9.17, 15) is 0 Å². The molecule has 0 amide bonds. The highest BCUT2D eigenvalue weighted by Crippen LogP contribution is 2.39. The molecule has 1 aromatic rings. The molecule has 1 aliphatic rings. The fourth-order valence-corrected chi connectivity index (χ4v) is 3.24. The van der Waals surface area contributed by atoms with Crippen LogP contribution in [0, 0.1) is 5.92 Å². The van der Waals surface area contributed by atoms with Crippen LogP contribution in [0.1, 0.15) is 18.4 Å². The quantitative estimate of drug-likeness (QED) is 0.310. The molecule has 0 aromatic heterocycles. The highest BCUT2D eigenvalue weighted by atomic mass is 16.5.